The quantitative estimate of drug-likeness (QED) is 0.613. The minimum atomic E-state index is -5.08. The number of likely N-dealkylation sites (N-methyl/N-ethyl adjacent to an activating group) is 1. The summed E-state index contributed by atoms with van der Waals surface area (Å²) in [5.74, 6) is -2.50. The lowest BCUT2D eigenvalue weighted by Gasteiger charge is -2.52. The lowest BCUT2D eigenvalue weighted by atomic mass is 9.81. The van der Waals surface area contributed by atoms with Gasteiger partial charge in [-0.2, -0.15) is 13.2 Å². The van der Waals surface area contributed by atoms with Crippen molar-refractivity contribution in [3.05, 3.63) is 59.9 Å². The van der Waals surface area contributed by atoms with Crippen LogP contribution >= 0.6 is 0 Å². The largest absolute Gasteiger partial charge is 0.490 e. The number of aryl methyl sites for hydroxylation is 1. The molecule has 39 heavy (non-hydrogen) atoms. The number of anilines is 1. The molecule has 2 saturated heterocycles. The Morgan fingerprint density at radius 2 is 1.64 bits per heavy atom. The molecule has 2 aliphatic heterocycles. The molecule has 4 rings (SSSR count). The van der Waals surface area contributed by atoms with Gasteiger partial charge >= 0.3 is 12.1 Å². The number of amides is 2. The van der Waals surface area contributed by atoms with Gasteiger partial charge < -0.3 is 14.9 Å². The van der Waals surface area contributed by atoms with Crippen molar-refractivity contribution in [3.63, 3.8) is 0 Å². The fourth-order valence-electron chi connectivity index (χ4n) is 4.77. The van der Waals surface area contributed by atoms with Crippen LogP contribution < -0.4 is 4.90 Å². The number of piperazine rings is 1. The van der Waals surface area contributed by atoms with Gasteiger partial charge in [0.25, 0.3) is 0 Å². The van der Waals surface area contributed by atoms with E-state index in [-0.39, 0.29) is 11.8 Å². The summed E-state index contributed by atoms with van der Waals surface area (Å²) in [6.07, 6.45) is -1.84. The first kappa shape index (κ1) is 30.0. The highest BCUT2D eigenvalue weighted by atomic mass is 19.4. The molecule has 0 atom stereocenters. The number of likely N-dealkylation sites (tertiary alicyclic amines) is 1. The zero-order valence-electron chi connectivity index (χ0n) is 22.3. The van der Waals surface area contributed by atoms with Crippen molar-refractivity contribution in [1.29, 1.82) is 0 Å². The van der Waals surface area contributed by atoms with E-state index in [4.69, 9.17) is 9.90 Å². The second-order valence-corrected chi connectivity index (χ2v) is 9.92. The topological polar surface area (TPSA) is 97.3 Å². The van der Waals surface area contributed by atoms with Gasteiger partial charge in [-0.05, 0) is 37.5 Å². The van der Waals surface area contributed by atoms with Crippen LogP contribution in [0.3, 0.4) is 0 Å². The van der Waals surface area contributed by atoms with Crippen LogP contribution in [0.4, 0.5) is 18.9 Å². The Balaban J connectivity index is 0.000000532. The summed E-state index contributed by atoms with van der Waals surface area (Å²) in [6, 6.07) is 14.3. The van der Waals surface area contributed by atoms with E-state index in [0.29, 0.717) is 13.1 Å². The average Bonchev–Trinajstić information content (AvgIpc) is 2.89. The van der Waals surface area contributed by atoms with Gasteiger partial charge in [-0.25, -0.2) is 4.79 Å². The van der Waals surface area contributed by atoms with Gasteiger partial charge in [0.15, 0.2) is 0 Å². The number of carbonyl (C=O) groups excluding carboxylic acids is 2. The third-order valence-corrected chi connectivity index (χ3v) is 7.05. The first-order chi connectivity index (χ1) is 18.3. The summed E-state index contributed by atoms with van der Waals surface area (Å²) in [7, 11) is 3.57. The van der Waals surface area contributed by atoms with Crippen molar-refractivity contribution in [1.82, 2.24) is 19.7 Å². The Labute approximate surface area is 225 Å². The molecule has 2 amide bonds. The Morgan fingerprint density at radius 3 is 2.15 bits per heavy atom. The Hall–Kier alpha value is -3.51. The number of hydrogen-bond acceptors (Lipinski definition) is 6. The van der Waals surface area contributed by atoms with Gasteiger partial charge in [0.2, 0.25) is 11.8 Å². The molecule has 2 aliphatic rings. The Bertz CT molecular complexity index is 1130. The van der Waals surface area contributed by atoms with E-state index in [1.165, 1.54) is 5.56 Å². The maximum atomic E-state index is 14.0. The van der Waals surface area contributed by atoms with Crippen molar-refractivity contribution in [2.24, 2.45) is 0 Å². The van der Waals surface area contributed by atoms with Crippen molar-refractivity contribution in [2.45, 2.75) is 38.0 Å². The first-order valence-electron chi connectivity index (χ1n) is 12.6. The number of carboxylic acid groups (broad SMARTS) is 1. The van der Waals surface area contributed by atoms with Crippen molar-refractivity contribution >= 4 is 23.5 Å². The van der Waals surface area contributed by atoms with Crippen LogP contribution in [0.15, 0.2) is 48.7 Å². The number of aromatic nitrogens is 1. The molecule has 0 saturated carbocycles. The molecular weight excluding hydrogens is 515 g/mol. The molecule has 212 valence electrons. The fraction of sp³-hybridized carbons (Fsp3) is 0.481. The van der Waals surface area contributed by atoms with Crippen LogP contribution in [0.5, 0.6) is 0 Å². The molecule has 0 aliphatic carbocycles. The molecule has 2 aromatic rings. The van der Waals surface area contributed by atoms with Crippen LogP contribution in [0, 0.1) is 6.92 Å². The molecule has 0 bridgehead atoms. The smallest absolute Gasteiger partial charge is 0.475 e. The first-order valence-corrected chi connectivity index (χ1v) is 12.6. The maximum absolute atomic E-state index is 14.0. The van der Waals surface area contributed by atoms with Crippen LogP contribution in [-0.2, 0) is 20.9 Å². The number of alkyl halides is 3. The summed E-state index contributed by atoms with van der Waals surface area (Å²) >= 11 is 0. The number of carboxylic acids is 1. The van der Waals surface area contributed by atoms with E-state index >= 15 is 0 Å². The maximum Gasteiger partial charge on any atom is 0.490 e. The zero-order chi connectivity index (χ0) is 28.8. The van der Waals surface area contributed by atoms with Gasteiger partial charge in [-0.15, -0.1) is 0 Å². The average molecular weight is 550 g/mol. The zero-order valence-corrected chi connectivity index (χ0v) is 22.3. The van der Waals surface area contributed by atoms with Gasteiger partial charge in [-0.1, -0.05) is 30.3 Å². The highest BCUT2D eigenvalue weighted by Crippen LogP contribution is 2.36. The lowest BCUT2D eigenvalue weighted by molar-refractivity contribution is -0.192. The van der Waals surface area contributed by atoms with E-state index < -0.39 is 17.7 Å². The molecule has 1 spiro atoms. The highest BCUT2D eigenvalue weighted by Gasteiger charge is 2.51. The van der Waals surface area contributed by atoms with Crippen LogP contribution in [-0.4, -0.2) is 101 Å². The van der Waals surface area contributed by atoms with Crippen LogP contribution in [0.2, 0.25) is 0 Å². The van der Waals surface area contributed by atoms with E-state index in [1.807, 2.05) is 42.2 Å². The number of nitrogens with zero attached hydrogens (tertiary/aromatic N) is 5. The van der Waals surface area contributed by atoms with Crippen LogP contribution in [0.25, 0.3) is 0 Å². The third kappa shape index (κ3) is 7.54. The number of hydrogen-bond donors (Lipinski definition) is 1. The number of carbonyl (C=O) groups is 3. The monoisotopic (exact) mass is 549 g/mol. The minimum absolute atomic E-state index is 0.101. The van der Waals surface area contributed by atoms with Crippen LogP contribution in [0.1, 0.15) is 24.1 Å². The van der Waals surface area contributed by atoms with E-state index in [2.05, 4.69) is 26.9 Å². The second-order valence-electron chi connectivity index (χ2n) is 9.92. The van der Waals surface area contributed by atoms with Crippen molar-refractivity contribution in [2.75, 3.05) is 51.7 Å². The van der Waals surface area contributed by atoms with Crippen molar-refractivity contribution < 1.29 is 32.7 Å². The predicted octanol–water partition coefficient (Wildman–Crippen LogP) is 2.79. The number of rotatable bonds is 5. The fourth-order valence-corrected chi connectivity index (χ4v) is 4.77. The summed E-state index contributed by atoms with van der Waals surface area (Å²) in [4.78, 5) is 47.6. The van der Waals surface area contributed by atoms with Gasteiger partial charge in [-0.3, -0.25) is 24.4 Å². The molecule has 1 aromatic carbocycles. The molecule has 9 nitrogen and oxygen atoms in total. The Kier molecular flexibility index (Phi) is 9.68. The lowest BCUT2D eigenvalue weighted by Crippen LogP contribution is -2.69. The second kappa shape index (κ2) is 12.6. The summed E-state index contributed by atoms with van der Waals surface area (Å²) in [5.41, 5.74) is 2.47. The van der Waals surface area contributed by atoms with E-state index in [1.54, 1.807) is 25.2 Å². The number of halogens is 3. The number of aliphatic carboxylic acids is 1. The minimum Gasteiger partial charge on any atom is -0.475 e. The molecule has 3 heterocycles. The number of piperidine rings is 1. The van der Waals surface area contributed by atoms with Gasteiger partial charge in [0.05, 0.1) is 18.4 Å². The van der Waals surface area contributed by atoms with Gasteiger partial charge in [0, 0.05) is 52.5 Å². The molecule has 12 heteroatoms. The predicted molar refractivity (Wildman–Crippen MR) is 139 cm³/mol. The van der Waals surface area contributed by atoms with Crippen molar-refractivity contribution in [3.8, 4) is 0 Å². The summed E-state index contributed by atoms with van der Waals surface area (Å²) in [5, 5.41) is 7.12. The summed E-state index contributed by atoms with van der Waals surface area (Å²) in [6.45, 7) is 6.04. The number of pyridine rings is 1. The van der Waals surface area contributed by atoms with E-state index in [0.717, 1.165) is 50.4 Å². The molecule has 1 N–H and O–H groups in total. The summed E-state index contributed by atoms with van der Waals surface area (Å²) < 4.78 is 31.7. The number of benzene rings is 1. The SMILES string of the molecule is Cc1ccc(N2CCN(Cc3ccccc3)C3(CCN(CC(=O)N(C)C)CC3)C2=O)cn1.O=C(O)C(F)(F)F. The Morgan fingerprint density at radius 1 is 1.03 bits per heavy atom. The molecule has 1 aromatic heterocycles. The highest BCUT2D eigenvalue weighted by molar-refractivity contribution is 6.01. The van der Waals surface area contributed by atoms with E-state index in [9.17, 15) is 22.8 Å². The third-order valence-electron chi connectivity index (χ3n) is 7.05. The van der Waals surface area contributed by atoms with Gasteiger partial charge in [0.1, 0.15) is 5.54 Å². The normalized spacial score (nSPS) is 17.9. The molecular formula is C27H34F3N5O4. The molecule has 2 fully saturated rings. The molecule has 0 radical (unpaired) electrons. The standard InChI is InChI=1S/C25H33N5O2.C2HF3O2/c1-20-9-10-22(17-26-20)30-16-15-29(18-21-7-5-4-6-8-21)25(24(30)32)11-13-28(14-12-25)19-23(31)27(2)3;3-2(4,5)1(6)7/h4-10,17H,11-16,18-19H2,1-3H3;(H,6,7). The molecule has 0 unspecified atom stereocenters.